The number of nitrogens with zero attached hydrogens (tertiary/aromatic N) is 1. The predicted molar refractivity (Wildman–Crippen MR) is 44.9 cm³/mol. The highest BCUT2D eigenvalue weighted by Gasteiger charge is 2.17. The first-order chi connectivity index (χ1) is 5.61. The van der Waals surface area contributed by atoms with Crippen molar-refractivity contribution in [2.24, 2.45) is 5.73 Å². The number of aromatic nitrogens is 1. The summed E-state index contributed by atoms with van der Waals surface area (Å²) in [6.07, 6.45) is -1.21. The van der Waals surface area contributed by atoms with Crippen LogP contribution in [-0.4, -0.2) is 11.4 Å². The molecule has 1 aromatic heterocycles. The second-order valence-corrected chi connectivity index (χ2v) is 3.09. The van der Waals surface area contributed by atoms with Crippen LogP contribution < -0.4 is 5.73 Å². The van der Waals surface area contributed by atoms with Gasteiger partial charge >= 0.3 is 0 Å². The highest BCUT2D eigenvalue weighted by Crippen LogP contribution is 2.17. The van der Waals surface area contributed by atoms with Gasteiger partial charge in [0.2, 0.25) is 0 Å². The molecular weight excluding hydrogens is 230 g/mol. The monoisotopic (exact) mass is 236 g/mol. The molecule has 1 unspecified atom stereocenters. The lowest BCUT2D eigenvalue weighted by atomic mass is 10.1. The maximum atomic E-state index is 12.1. The zero-order valence-corrected chi connectivity index (χ0v) is 7.63. The van der Waals surface area contributed by atoms with Crippen LogP contribution in [0.15, 0.2) is 22.9 Å². The fraction of sp³-hybridized carbons (Fsp3) is 0.286. The molecule has 0 saturated carbocycles. The Balaban J connectivity index is 2.82. The molecular formula is C7H7BrF2N2. The predicted octanol–water partition coefficient (Wildman–Crippen LogP) is 2.11. The number of pyridine rings is 1. The molecule has 0 aliphatic heterocycles. The molecule has 5 heteroatoms. The topological polar surface area (TPSA) is 38.9 Å². The number of alkyl halides is 2. The van der Waals surface area contributed by atoms with Gasteiger partial charge in [-0.1, -0.05) is 6.07 Å². The average Bonchev–Trinajstić information content (AvgIpc) is 2.04. The summed E-state index contributed by atoms with van der Waals surface area (Å²) in [5.41, 5.74) is 5.52. The minimum absolute atomic E-state index is 0.341. The van der Waals surface area contributed by atoms with Crippen LogP contribution in [0.3, 0.4) is 0 Å². The summed E-state index contributed by atoms with van der Waals surface area (Å²) in [6, 6.07) is 1.86. The molecule has 2 nitrogen and oxygen atoms in total. The molecule has 1 atom stereocenters. The number of halogens is 3. The zero-order valence-electron chi connectivity index (χ0n) is 6.05. The smallest absolute Gasteiger partial charge is 0.257 e. The molecule has 2 N–H and O–H groups in total. The summed E-state index contributed by atoms with van der Waals surface area (Å²) < 4.78 is 24.7. The third-order valence-electron chi connectivity index (χ3n) is 1.41. The fourth-order valence-electron chi connectivity index (χ4n) is 0.730. The third-order valence-corrected chi connectivity index (χ3v) is 1.88. The summed E-state index contributed by atoms with van der Waals surface area (Å²) in [4.78, 5) is 3.79. The van der Waals surface area contributed by atoms with Crippen LogP contribution in [0.2, 0.25) is 0 Å². The van der Waals surface area contributed by atoms with Gasteiger partial charge in [-0.2, -0.15) is 0 Å². The molecule has 1 heterocycles. The van der Waals surface area contributed by atoms with E-state index in [-0.39, 0.29) is 0 Å². The summed E-state index contributed by atoms with van der Waals surface area (Å²) in [7, 11) is 0. The summed E-state index contributed by atoms with van der Waals surface area (Å²) in [6.45, 7) is 0. The number of rotatable bonds is 2. The number of hydrogen-bond donors (Lipinski definition) is 1. The molecule has 0 aromatic carbocycles. The normalized spacial score (nSPS) is 13.4. The molecule has 0 aliphatic rings. The molecule has 1 rings (SSSR count). The maximum Gasteiger partial charge on any atom is 0.257 e. The Kier molecular flexibility index (Phi) is 3.11. The van der Waals surface area contributed by atoms with Crippen molar-refractivity contribution in [2.45, 2.75) is 12.5 Å². The summed E-state index contributed by atoms with van der Waals surface area (Å²) >= 11 is 3.09. The van der Waals surface area contributed by atoms with Crippen molar-refractivity contribution in [3.05, 3.63) is 28.5 Å². The van der Waals surface area contributed by atoms with Crippen LogP contribution in [0.25, 0.3) is 0 Å². The van der Waals surface area contributed by atoms with Gasteiger partial charge in [-0.05, 0) is 27.6 Å². The van der Waals surface area contributed by atoms with E-state index >= 15 is 0 Å². The Labute approximate surface area is 76.9 Å². The van der Waals surface area contributed by atoms with E-state index in [1.165, 1.54) is 12.3 Å². The van der Waals surface area contributed by atoms with Crippen molar-refractivity contribution in [1.29, 1.82) is 0 Å². The fourth-order valence-corrected chi connectivity index (χ4v) is 0.964. The van der Waals surface area contributed by atoms with Crippen LogP contribution in [0.4, 0.5) is 8.78 Å². The van der Waals surface area contributed by atoms with Gasteiger partial charge in [0.25, 0.3) is 6.43 Å². The van der Waals surface area contributed by atoms with Gasteiger partial charge in [-0.15, -0.1) is 0 Å². The van der Waals surface area contributed by atoms with Gasteiger partial charge in [-0.25, -0.2) is 13.8 Å². The third kappa shape index (κ3) is 2.22. The van der Waals surface area contributed by atoms with Crippen molar-refractivity contribution in [3.63, 3.8) is 0 Å². The van der Waals surface area contributed by atoms with E-state index in [2.05, 4.69) is 20.9 Å². The molecule has 12 heavy (non-hydrogen) atoms. The lowest BCUT2D eigenvalue weighted by molar-refractivity contribution is 0.116. The summed E-state index contributed by atoms with van der Waals surface area (Å²) in [5.74, 6) is 0. The van der Waals surface area contributed by atoms with E-state index in [0.717, 1.165) is 0 Å². The zero-order chi connectivity index (χ0) is 9.14. The van der Waals surface area contributed by atoms with E-state index in [1.54, 1.807) is 6.07 Å². The molecule has 0 bridgehead atoms. The van der Waals surface area contributed by atoms with Crippen LogP contribution in [0, 0.1) is 0 Å². The van der Waals surface area contributed by atoms with E-state index in [9.17, 15) is 8.78 Å². The van der Waals surface area contributed by atoms with E-state index in [4.69, 9.17) is 5.73 Å². The Bertz CT molecular complexity index is 250. The first kappa shape index (κ1) is 9.54. The van der Waals surface area contributed by atoms with Crippen LogP contribution >= 0.6 is 15.9 Å². The SMILES string of the molecule is NC(c1ccc(Br)nc1)C(F)F. The van der Waals surface area contributed by atoms with E-state index < -0.39 is 12.5 Å². The Morgan fingerprint density at radius 1 is 1.42 bits per heavy atom. The van der Waals surface area contributed by atoms with Crippen LogP contribution in [0.1, 0.15) is 11.6 Å². The average molecular weight is 237 g/mol. The molecule has 0 spiro atoms. The van der Waals surface area contributed by atoms with E-state index in [1.807, 2.05) is 0 Å². The maximum absolute atomic E-state index is 12.1. The Morgan fingerprint density at radius 2 is 2.08 bits per heavy atom. The Hall–Kier alpha value is -0.550. The second-order valence-electron chi connectivity index (χ2n) is 2.27. The van der Waals surface area contributed by atoms with Crippen molar-refractivity contribution in [1.82, 2.24) is 4.98 Å². The standard InChI is InChI=1S/C7H7BrF2N2/c8-5-2-1-4(3-12-5)6(11)7(9)10/h1-3,6-7H,11H2. The largest absolute Gasteiger partial charge is 0.319 e. The molecule has 1 aromatic rings. The van der Waals surface area contributed by atoms with Gasteiger partial charge in [0.1, 0.15) is 4.60 Å². The van der Waals surface area contributed by atoms with Gasteiger partial charge in [0.05, 0.1) is 6.04 Å². The van der Waals surface area contributed by atoms with Gasteiger partial charge in [0.15, 0.2) is 0 Å². The molecule has 66 valence electrons. The number of nitrogens with two attached hydrogens (primary N) is 1. The van der Waals surface area contributed by atoms with Gasteiger partial charge < -0.3 is 5.73 Å². The highest BCUT2D eigenvalue weighted by atomic mass is 79.9. The van der Waals surface area contributed by atoms with Crippen molar-refractivity contribution >= 4 is 15.9 Å². The molecule has 0 aliphatic carbocycles. The van der Waals surface area contributed by atoms with Gasteiger partial charge in [0, 0.05) is 6.20 Å². The highest BCUT2D eigenvalue weighted by molar-refractivity contribution is 9.10. The van der Waals surface area contributed by atoms with E-state index in [0.29, 0.717) is 10.2 Å². The molecule has 0 fully saturated rings. The van der Waals surface area contributed by atoms with Crippen molar-refractivity contribution in [3.8, 4) is 0 Å². The van der Waals surface area contributed by atoms with Crippen LogP contribution in [0.5, 0.6) is 0 Å². The first-order valence-electron chi connectivity index (χ1n) is 3.26. The minimum Gasteiger partial charge on any atom is -0.319 e. The number of hydrogen-bond acceptors (Lipinski definition) is 2. The van der Waals surface area contributed by atoms with Crippen LogP contribution in [-0.2, 0) is 0 Å². The van der Waals surface area contributed by atoms with Crippen molar-refractivity contribution < 1.29 is 8.78 Å². The first-order valence-corrected chi connectivity index (χ1v) is 4.05. The molecule has 0 radical (unpaired) electrons. The van der Waals surface area contributed by atoms with Gasteiger partial charge in [-0.3, -0.25) is 0 Å². The quantitative estimate of drug-likeness (QED) is 0.800. The lowest BCUT2D eigenvalue weighted by Gasteiger charge is -2.09. The van der Waals surface area contributed by atoms with Crippen molar-refractivity contribution in [2.75, 3.05) is 0 Å². The molecule has 0 saturated heterocycles. The summed E-state index contributed by atoms with van der Waals surface area (Å²) in [5, 5.41) is 0. The second kappa shape index (κ2) is 3.91. The molecule has 0 amide bonds. The minimum atomic E-state index is -2.55. The Morgan fingerprint density at radius 3 is 2.50 bits per heavy atom. The lowest BCUT2D eigenvalue weighted by Crippen LogP contribution is -2.18.